The van der Waals surface area contributed by atoms with Crippen molar-refractivity contribution in [3.63, 3.8) is 0 Å². The van der Waals surface area contributed by atoms with Gasteiger partial charge in [-0.15, -0.1) is 0 Å². The van der Waals surface area contributed by atoms with Gasteiger partial charge in [0.1, 0.15) is 6.17 Å². The second-order valence-corrected chi connectivity index (χ2v) is 8.54. The van der Waals surface area contributed by atoms with Crippen molar-refractivity contribution in [3.05, 3.63) is 11.6 Å². The SMILES string of the molecule is C[C@]12CCCC=C1CC[C@@H]1[C@H]2CC[C@]2(C)C(F)CC[C@@H]12. The maximum absolute atomic E-state index is 14.4. The Morgan fingerprint density at radius 2 is 1.90 bits per heavy atom. The molecule has 4 aliphatic rings. The minimum absolute atomic E-state index is 0.0212. The second kappa shape index (κ2) is 4.34. The molecule has 0 N–H and O–H groups in total. The van der Waals surface area contributed by atoms with Crippen molar-refractivity contribution in [3.8, 4) is 0 Å². The Balaban J connectivity index is 1.68. The Hall–Kier alpha value is -0.330. The fraction of sp³-hybridized carbons (Fsp3) is 0.895. The smallest absolute Gasteiger partial charge is 0.106 e. The number of fused-ring (bicyclic) bond motifs is 5. The molecule has 3 saturated carbocycles. The van der Waals surface area contributed by atoms with Crippen LogP contribution in [0.1, 0.15) is 71.6 Å². The largest absolute Gasteiger partial charge is 0.247 e. The van der Waals surface area contributed by atoms with Crippen LogP contribution in [-0.4, -0.2) is 6.17 Å². The summed E-state index contributed by atoms with van der Waals surface area (Å²) in [6.45, 7) is 4.81. The summed E-state index contributed by atoms with van der Waals surface area (Å²) in [6, 6.07) is 0. The molecular weight excluding hydrogens is 247 g/mol. The Labute approximate surface area is 123 Å². The molecule has 1 heteroatoms. The topological polar surface area (TPSA) is 0 Å². The van der Waals surface area contributed by atoms with Crippen LogP contribution in [0.25, 0.3) is 0 Å². The highest BCUT2D eigenvalue weighted by molar-refractivity contribution is 5.23. The van der Waals surface area contributed by atoms with E-state index in [4.69, 9.17) is 0 Å². The molecule has 112 valence electrons. The van der Waals surface area contributed by atoms with Gasteiger partial charge in [-0.1, -0.05) is 25.5 Å². The third kappa shape index (κ3) is 1.58. The fourth-order valence-corrected chi connectivity index (χ4v) is 6.69. The van der Waals surface area contributed by atoms with Gasteiger partial charge in [-0.05, 0) is 81.0 Å². The molecule has 0 aliphatic heterocycles. The van der Waals surface area contributed by atoms with Crippen LogP contribution in [0.15, 0.2) is 11.6 Å². The molecule has 1 unspecified atom stereocenters. The summed E-state index contributed by atoms with van der Waals surface area (Å²) in [5.41, 5.74) is 2.26. The lowest BCUT2D eigenvalue weighted by atomic mass is 9.47. The van der Waals surface area contributed by atoms with Gasteiger partial charge < -0.3 is 0 Å². The first-order valence-electron chi connectivity index (χ1n) is 8.89. The molecule has 0 bridgehead atoms. The van der Waals surface area contributed by atoms with Crippen LogP contribution in [0.2, 0.25) is 0 Å². The molecule has 0 heterocycles. The van der Waals surface area contributed by atoms with Gasteiger partial charge in [0.2, 0.25) is 0 Å². The molecule has 0 spiro atoms. The minimum atomic E-state index is -0.524. The predicted octanol–water partition coefficient (Wildman–Crippen LogP) is 5.68. The lowest BCUT2D eigenvalue weighted by Crippen LogP contribution is -2.50. The zero-order valence-electron chi connectivity index (χ0n) is 13.1. The zero-order chi connectivity index (χ0) is 14.0. The average Bonchev–Trinajstić information content (AvgIpc) is 2.74. The predicted molar refractivity (Wildman–Crippen MR) is 81.2 cm³/mol. The monoisotopic (exact) mass is 276 g/mol. The Morgan fingerprint density at radius 1 is 1.05 bits per heavy atom. The van der Waals surface area contributed by atoms with Gasteiger partial charge in [0.05, 0.1) is 0 Å². The molecule has 0 aromatic carbocycles. The molecule has 20 heavy (non-hydrogen) atoms. The van der Waals surface area contributed by atoms with Crippen LogP contribution < -0.4 is 0 Å². The van der Waals surface area contributed by atoms with Crippen molar-refractivity contribution in [1.29, 1.82) is 0 Å². The maximum atomic E-state index is 14.4. The van der Waals surface area contributed by atoms with E-state index in [1.165, 1.54) is 38.5 Å². The molecule has 0 aromatic rings. The van der Waals surface area contributed by atoms with Crippen molar-refractivity contribution in [1.82, 2.24) is 0 Å². The van der Waals surface area contributed by atoms with Crippen molar-refractivity contribution in [2.24, 2.45) is 28.6 Å². The van der Waals surface area contributed by atoms with E-state index in [-0.39, 0.29) is 5.41 Å². The van der Waals surface area contributed by atoms with Gasteiger partial charge in [-0.25, -0.2) is 4.39 Å². The van der Waals surface area contributed by atoms with E-state index in [0.717, 1.165) is 31.1 Å². The lowest BCUT2D eigenvalue weighted by molar-refractivity contribution is -0.0562. The lowest BCUT2D eigenvalue weighted by Gasteiger charge is -2.57. The molecule has 0 radical (unpaired) electrons. The second-order valence-electron chi connectivity index (χ2n) is 8.54. The van der Waals surface area contributed by atoms with Crippen LogP contribution >= 0.6 is 0 Å². The van der Waals surface area contributed by atoms with Gasteiger partial charge in [-0.3, -0.25) is 0 Å². The van der Waals surface area contributed by atoms with Gasteiger partial charge in [0, 0.05) is 5.41 Å². The Kier molecular flexibility index (Phi) is 2.89. The number of rotatable bonds is 0. The molecule has 4 rings (SSSR count). The highest BCUT2D eigenvalue weighted by atomic mass is 19.1. The van der Waals surface area contributed by atoms with Crippen molar-refractivity contribution in [2.75, 3.05) is 0 Å². The molecule has 0 amide bonds. The number of halogens is 1. The van der Waals surface area contributed by atoms with E-state index in [1.54, 1.807) is 5.57 Å². The van der Waals surface area contributed by atoms with Crippen LogP contribution in [0.4, 0.5) is 4.39 Å². The maximum Gasteiger partial charge on any atom is 0.106 e. The van der Waals surface area contributed by atoms with Crippen molar-refractivity contribution < 1.29 is 4.39 Å². The van der Waals surface area contributed by atoms with E-state index in [2.05, 4.69) is 19.9 Å². The highest BCUT2D eigenvalue weighted by Crippen LogP contribution is 2.65. The molecular formula is C19H29F. The third-order valence-corrected chi connectivity index (χ3v) is 7.91. The van der Waals surface area contributed by atoms with Gasteiger partial charge in [-0.2, -0.15) is 0 Å². The van der Waals surface area contributed by atoms with Crippen LogP contribution in [0.5, 0.6) is 0 Å². The summed E-state index contributed by atoms with van der Waals surface area (Å²) >= 11 is 0. The molecule has 0 nitrogen and oxygen atoms in total. The number of hydrogen-bond acceptors (Lipinski definition) is 0. The van der Waals surface area contributed by atoms with E-state index in [1.807, 2.05) is 0 Å². The number of hydrogen-bond donors (Lipinski definition) is 0. The zero-order valence-corrected chi connectivity index (χ0v) is 13.1. The molecule has 0 aromatic heterocycles. The third-order valence-electron chi connectivity index (χ3n) is 7.91. The summed E-state index contributed by atoms with van der Waals surface area (Å²) in [6.07, 6.45) is 13.2. The van der Waals surface area contributed by atoms with Crippen molar-refractivity contribution in [2.45, 2.75) is 77.8 Å². The Morgan fingerprint density at radius 3 is 2.75 bits per heavy atom. The summed E-state index contributed by atoms with van der Waals surface area (Å²) in [5, 5.41) is 0. The van der Waals surface area contributed by atoms with Crippen molar-refractivity contribution >= 4 is 0 Å². The summed E-state index contributed by atoms with van der Waals surface area (Å²) in [4.78, 5) is 0. The van der Waals surface area contributed by atoms with E-state index in [9.17, 15) is 4.39 Å². The van der Waals surface area contributed by atoms with Gasteiger partial charge >= 0.3 is 0 Å². The molecule has 4 aliphatic carbocycles. The summed E-state index contributed by atoms with van der Waals surface area (Å²) in [5.74, 6) is 2.34. The number of allylic oxidation sites excluding steroid dienone is 2. The summed E-state index contributed by atoms with van der Waals surface area (Å²) in [7, 11) is 0. The first-order chi connectivity index (χ1) is 9.56. The van der Waals surface area contributed by atoms with Crippen LogP contribution in [0.3, 0.4) is 0 Å². The molecule has 3 fully saturated rings. The number of alkyl halides is 1. The molecule has 0 saturated heterocycles. The standard InChI is InChI=1S/C19H29F/c1-18-11-4-3-5-13(18)6-7-14-15-8-9-17(20)19(15,2)12-10-16(14)18/h5,14-17H,3-4,6-12H2,1-2H3/t14-,15-,16+,17?,18-,19-/m0/s1. The van der Waals surface area contributed by atoms with Gasteiger partial charge in [0.25, 0.3) is 0 Å². The quantitative estimate of drug-likeness (QED) is 0.499. The summed E-state index contributed by atoms with van der Waals surface area (Å²) < 4.78 is 14.4. The average molecular weight is 276 g/mol. The minimum Gasteiger partial charge on any atom is -0.247 e. The first-order valence-corrected chi connectivity index (χ1v) is 8.89. The van der Waals surface area contributed by atoms with Crippen LogP contribution in [0, 0.1) is 28.6 Å². The Bertz CT molecular complexity index is 439. The van der Waals surface area contributed by atoms with E-state index in [0.29, 0.717) is 11.3 Å². The highest BCUT2D eigenvalue weighted by Gasteiger charge is 2.58. The van der Waals surface area contributed by atoms with E-state index >= 15 is 0 Å². The normalized spacial score (nSPS) is 54.6. The van der Waals surface area contributed by atoms with Gasteiger partial charge in [0.15, 0.2) is 0 Å². The molecule has 6 atom stereocenters. The first kappa shape index (κ1) is 13.3. The fourth-order valence-electron chi connectivity index (χ4n) is 6.69. The van der Waals surface area contributed by atoms with Crippen LogP contribution in [-0.2, 0) is 0 Å². The van der Waals surface area contributed by atoms with E-state index < -0.39 is 6.17 Å².